The summed E-state index contributed by atoms with van der Waals surface area (Å²) in [6.07, 6.45) is -4.44. The Hall–Kier alpha value is -1.96. The number of hydrogen-bond acceptors (Lipinski definition) is 3. The van der Waals surface area contributed by atoms with Crippen molar-refractivity contribution in [3.05, 3.63) is 29.8 Å². The minimum Gasteiger partial charge on any atom is -0.491 e. The van der Waals surface area contributed by atoms with Gasteiger partial charge in [0.15, 0.2) is 5.96 Å². The molecule has 22 heavy (non-hydrogen) atoms. The van der Waals surface area contributed by atoms with Crippen LogP contribution in [-0.4, -0.2) is 50.3 Å². The molecular weight excluding hydrogens is 299 g/mol. The molecule has 0 spiro atoms. The molecule has 1 aromatic rings. The number of ether oxygens (including phenoxy) is 2. The summed E-state index contributed by atoms with van der Waals surface area (Å²) in [6.45, 7) is 2.71. The number of alkyl halides is 3. The number of morpholine rings is 1. The van der Waals surface area contributed by atoms with E-state index in [-0.39, 0.29) is 18.9 Å². The fourth-order valence-electron chi connectivity index (χ4n) is 2.03. The van der Waals surface area contributed by atoms with Gasteiger partial charge in [-0.2, -0.15) is 13.2 Å². The largest absolute Gasteiger partial charge is 0.491 e. The SMILES string of the molecule is NC(=NCCOc1ccccc1C(F)(F)F)N1CCOCC1. The van der Waals surface area contributed by atoms with E-state index in [0.717, 1.165) is 6.07 Å². The highest BCUT2D eigenvalue weighted by Gasteiger charge is 2.33. The van der Waals surface area contributed by atoms with E-state index >= 15 is 0 Å². The predicted molar refractivity (Wildman–Crippen MR) is 75.8 cm³/mol. The molecule has 0 bridgehead atoms. The summed E-state index contributed by atoms with van der Waals surface area (Å²) in [4.78, 5) is 5.98. The molecule has 5 nitrogen and oxygen atoms in total. The Morgan fingerprint density at radius 2 is 1.95 bits per heavy atom. The third kappa shape index (κ3) is 4.52. The van der Waals surface area contributed by atoms with Crippen molar-refractivity contribution in [2.24, 2.45) is 10.7 Å². The molecule has 0 atom stereocenters. The van der Waals surface area contributed by atoms with Crippen LogP contribution in [0.3, 0.4) is 0 Å². The zero-order valence-electron chi connectivity index (χ0n) is 12.0. The number of aliphatic imine (C=N–C) groups is 1. The van der Waals surface area contributed by atoms with Gasteiger partial charge in [-0.3, -0.25) is 0 Å². The number of para-hydroxylation sites is 1. The number of rotatable bonds is 4. The van der Waals surface area contributed by atoms with Crippen molar-refractivity contribution in [1.29, 1.82) is 0 Å². The summed E-state index contributed by atoms with van der Waals surface area (Å²) in [5, 5.41) is 0. The molecular formula is C14H18F3N3O2. The van der Waals surface area contributed by atoms with Gasteiger partial charge in [0.25, 0.3) is 0 Å². The zero-order valence-corrected chi connectivity index (χ0v) is 12.0. The van der Waals surface area contributed by atoms with Gasteiger partial charge in [0.2, 0.25) is 0 Å². The van der Waals surface area contributed by atoms with Gasteiger partial charge in [0.1, 0.15) is 12.4 Å². The monoisotopic (exact) mass is 317 g/mol. The molecule has 8 heteroatoms. The molecule has 122 valence electrons. The molecule has 0 amide bonds. The van der Waals surface area contributed by atoms with Crippen LogP contribution in [0.25, 0.3) is 0 Å². The molecule has 1 saturated heterocycles. The van der Waals surface area contributed by atoms with Crippen molar-refractivity contribution in [1.82, 2.24) is 4.90 Å². The lowest BCUT2D eigenvalue weighted by Crippen LogP contribution is -2.45. The Balaban J connectivity index is 1.86. The van der Waals surface area contributed by atoms with Crippen molar-refractivity contribution < 1.29 is 22.6 Å². The summed E-state index contributed by atoms with van der Waals surface area (Å²) in [7, 11) is 0. The molecule has 1 aliphatic rings. The number of guanidine groups is 1. The van der Waals surface area contributed by atoms with E-state index < -0.39 is 11.7 Å². The normalized spacial score (nSPS) is 16.7. The van der Waals surface area contributed by atoms with Gasteiger partial charge in [-0.05, 0) is 12.1 Å². The van der Waals surface area contributed by atoms with Crippen LogP contribution in [-0.2, 0) is 10.9 Å². The van der Waals surface area contributed by atoms with Crippen LogP contribution in [0.5, 0.6) is 5.75 Å². The van der Waals surface area contributed by atoms with Gasteiger partial charge in [0, 0.05) is 13.1 Å². The predicted octanol–water partition coefficient (Wildman–Crippen LogP) is 1.73. The second-order valence-corrected chi connectivity index (χ2v) is 4.68. The maximum absolute atomic E-state index is 12.8. The lowest BCUT2D eigenvalue weighted by Gasteiger charge is -2.27. The fraction of sp³-hybridized carbons (Fsp3) is 0.500. The maximum Gasteiger partial charge on any atom is 0.419 e. The lowest BCUT2D eigenvalue weighted by atomic mass is 10.2. The molecule has 1 heterocycles. The van der Waals surface area contributed by atoms with E-state index in [1.165, 1.54) is 18.2 Å². The van der Waals surface area contributed by atoms with E-state index in [0.29, 0.717) is 32.3 Å². The Bertz CT molecular complexity index is 514. The van der Waals surface area contributed by atoms with Gasteiger partial charge >= 0.3 is 6.18 Å². The highest BCUT2D eigenvalue weighted by molar-refractivity contribution is 5.78. The minimum atomic E-state index is -4.44. The van der Waals surface area contributed by atoms with Crippen molar-refractivity contribution in [2.45, 2.75) is 6.18 Å². The highest BCUT2D eigenvalue weighted by atomic mass is 19.4. The van der Waals surface area contributed by atoms with Crippen molar-refractivity contribution in [2.75, 3.05) is 39.5 Å². The van der Waals surface area contributed by atoms with Gasteiger partial charge in [-0.1, -0.05) is 12.1 Å². The fourth-order valence-corrected chi connectivity index (χ4v) is 2.03. The number of nitrogens with two attached hydrogens (primary N) is 1. The maximum atomic E-state index is 12.8. The van der Waals surface area contributed by atoms with E-state index in [4.69, 9.17) is 15.2 Å². The molecule has 0 saturated carbocycles. The Morgan fingerprint density at radius 3 is 2.64 bits per heavy atom. The molecule has 0 radical (unpaired) electrons. The van der Waals surface area contributed by atoms with Crippen LogP contribution in [0.15, 0.2) is 29.3 Å². The van der Waals surface area contributed by atoms with E-state index in [1.807, 2.05) is 4.90 Å². The summed E-state index contributed by atoms with van der Waals surface area (Å²) in [5.41, 5.74) is 5.02. The summed E-state index contributed by atoms with van der Waals surface area (Å²) >= 11 is 0. The van der Waals surface area contributed by atoms with Crippen LogP contribution < -0.4 is 10.5 Å². The van der Waals surface area contributed by atoms with Crippen molar-refractivity contribution in [3.63, 3.8) is 0 Å². The van der Waals surface area contributed by atoms with Crippen LogP contribution in [0.2, 0.25) is 0 Å². The Morgan fingerprint density at radius 1 is 1.27 bits per heavy atom. The molecule has 1 fully saturated rings. The van der Waals surface area contributed by atoms with Gasteiger partial charge < -0.3 is 20.1 Å². The minimum absolute atomic E-state index is 0.0259. The van der Waals surface area contributed by atoms with E-state index in [2.05, 4.69) is 4.99 Å². The zero-order chi connectivity index (χ0) is 16.0. The molecule has 0 unspecified atom stereocenters. The molecule has 1 aromatic carbocycles. The Labute approximate surface area is 126 Å². The van der Waals surface area contributed by atoms with Gasteiger partial charge in [0.05, 0.1) is 25.3 Å². The van der Waals surface area contributed by atoms with Crippen molar-refractivity contribution >= 4 is 5.96 Å². The van der Waals surface area contributed by atoms with Gasteiger partial charge in [-0.15, -0.1) is 0 Å². The second kappa shape index (κ2) is 7.35. The van der Waals surface area contributed by atoms with Crippen LogP contribution in [0, 0.1) is 0 Å². The second-order valence-electron chi connectivity index (χ2n) is 4.68. The van der Waals surface area contributed by atoms with E-state index in [1.54, 1.807) is 0 Å². The van der Waals surface area contributed by atoms with Crippen LogP contribution >= 0.6 is 0 Å². The first-order valence-corrected chi connectivity index (χ1v) is 6.90. The molecule has 0 aliphatic carbocycles. The standard InChI is InChI=1S/C14H18F3N3O2/c15-14(16,17)11-3-1-2-4-12(11)22-8-5-19-13(18)20-6-9-21-10-7-20/h1-4H,5-10H2,(H2,18,19). The quantitative estimate of drug-likeness (QED) is 0.522. The van der Waals surface area contributed by atoms with Crippen molar-refractivity contribution in [3.8, 4) is 5.75 Å². The summed E-state index contributed by atoms with van der Waals surface area (Å²) in [5.74, 6) is 0.158. The number of benzene rings is 1. The third-order valence-corrected chi connectivity index (χ3v) is 3.15. The average Bonchev–Trinajstić information content (AvgIpc) is 2.51. The summed E-state index contributed by atoms with van der Waals surface area (Å²) < 4.78 is 48.7. The smallest absolute Gasteiger partial charge is 0.419 e. The summed E-state index contributed by atoms with van der Waals surface area (Å²) in [6, 6.07) is 5.10. The molecule has 2 rings (SSSR count). The first kappa shape index (κ1) is 16.4. The topological polar surface area (TPSA) is 60.1 Å². The average molecular weight is 317 g/mol. The lowest BCUT2D eigenvalue weighted by molar-refractivity contribution is -0.138. The van der Waals surface area contributed by atoms with E-state index in [9.17, 15) is 13.2 Å². The molecule has 2 N–H and O–H groups in total. The van der Waals surface area contributed by atoms with Crippen LogP contribution in [0.4, 0.5) is 13.2 Å². The van der Waals surface area contributed by atoms with Crippen LogP contribution in [0.1, 0.15) is 5.56 Å². The number of halogens is 3. The first-order valence-electron chi connectivity index (χ1n) is 6.90. The number of nitrogens with zero attached hydrogens (tertiary/aromatic N) is 2. The third-order valence-electron chi connectivity index (χ3n) is 3.15. The van der Waals surface area contributed by atoms with Gasteiger partial charge in [-0.25, -0.2) is 4.99 Å². The highest BCUT2D eigenvalue weighted by Crippen LogP contribution is 2.35. The molecule has 0 aromatic heterocycles. The Kier molecular flexibility index (Phi) is 5.48. The number of hydrogen-bond donors (Lipinski definition) is 1. The molecule has 1 aliphatic heterocycles. The first-order chi connectivity index (χ1) is 10.5.